The third-order valence-corrected chi connectivity index (χ3v) is 5.05. The standard InChI is InChI=1S/C22H22N4O2/c23-22(28)21-17(16-6-2-4-8-19(16)26-21)11-12-24-20(27)10-9-14-13-25-18-7-3-1-5-15(14)18/h1-8,13,25-26H,9-12H2,(H2,23,28)(H,24,27). The Morgan fingerprint density at radius 3 is 2.43 bits per heavy atom. The molecule has 2 amide bonds. The quantitative estimate of drug-likeness (QED) is 0.399. The molecule has 5 N–H and O–H groups in total. The Morgan fingerprint density at radius 2 is 1.64 bits per heavy atom. The number of nitrogens with one attached hydrogen (secondary N) is 3. The molecule has 0 radical (unpaired) electrons. The Kier molecular flexibility index (Phi) is 4.85. The van der Waals surface area contributed by atoms with Crippen molar-refractivity contribution < 1.29 is 9.59 Å². The minimum Gasteiger partial charge on any atom is -0.364 e. The van der Waals surface area contributed by atoms with Crippen molar-refractivity contribution in [1.29, 1.82) is 0 Å². The lowest BCUT2D eigenvalue weighted by molar-refractivity contribution is -0.121. The average molecular weight is 374 g/mol. The number of H-pyrrole nitrogens is 2. The maximum atomic E-state index is 12.3. The fraction of sp³-hybridized carbons (Fsp3) is 0.182. The number of carbonyl (C=O) groups excluding carboxylic acids is 2. The van der Waals surface area contributed by atoms with E-state index in [1.807, 2.05) is 48.7 Å². The van der Waals surface area contributed by atoms with Gasteiger partial charge in [-0.2, -0.15) is 0 Å². The monoisotopic (exact) mass is 374 g/mol. The molecule has 6 nitrogen and oxygen atoms in total. The van der Waals surface area contributed by atoms with Gasteiger partial charge in [-0.3, -0.25) is 9.59 Å². The van der Waals surface area contributed by atoms with E-state index in [1.54, 1.807) is 0 Å². The highest BCUT2D eigenvalue weighted by Gasteiger charge is 2.15. The van der Waals surface area contributed by atoms with Crippen LogP contribution in [-0.4, -0.2) is 28.3 Å². The van der Waals surface area contributed by atoms with E-state index < -0.39 is 5.91 Å². The molecule has 2 aromatic heterocycles. The van der Waals surface area contributed by atoms with Gasteiger partial charge in [0.15, 0.2) is 0 Å². The van der Waals surface area contributed by atoms with Crippen LogP contribution >= 0.6 is 0 Å². The number of aryl methyl sites for hydroxylation is 1. The SMILES string of the molecule is NC(=O)c1[nH]c2ccccc2c1CCNC(=O)CCc1c[nH]c2ccccc12. The van der Waals surface area contributed by atoms with Crippen LogP contribution in [0.4, 0.5) is 0 Å². The molecular formula is C22H22N4O2. The molecule has 0 unspecified atom stereocenters. The summed E-state index contributed by atoms with van der Waals surface area (Å²) in [5.41, 5.74) is 9.84. The Labute approximate surface area is 162 Å². The highest BCUT2D eigenvalue weighted by molar-refractivity contribution is 6.00. The van der Waals surface area contributed by atoms with Crippen LogP contribution in [0.1, 0.15) is 28.0 Å². The predicted octanol–water partition coefficient (Wildman–Crippen LogP) is 3.04. The molecule has 6 heteroatoms. The second-order valence-electron chi connectivity index (χ2n) is 6.85. The molecule has 0 aliphatic carbocycles. The van der Waals surface area contributed by atoms with Crippen LogP contribution < -0.4 is 11.1 Å². The third-order valence-electron chi connectivity index (χ3n) is 5.05. The maximum Gasteiger partial charge on any atom is 0.265 e. The number of aromatic nitrogens is 2. The first-order valence-corrected chi connectivity index (χ1v) is 9.34. The smallest absolute Gasteiger partial charge is 0.265 e. The summed E-state index contributed by atoms with van der Waals surface area (Å²) in [6, 6.07) is 15.7. The van der Waals surface area contributed by atoms with Crippen molar-refractivity contribution in [2.75, 3.05) is 6.54 Å². The molecule has 4 rings (SSSR count). The number of primary amides is 1. The second kappa shape index (κ2) is 7.60. The molecule has 0 saturated heterocycles. The van der Waals surface area contributed by atoms with Crippen LogP contribution in [0, 0.1) is 0 Å². The first-order chi connectivity index (χ1) is 13.6. The van der Waals surface area contributed by atoms with Gasteiger partial charge in [-0.15, -0.1) is 0 Å². The van der Waals surface area contributed by atoms with Gasteiger partial charge in [-0.25, -0.2) is 0 Å². The molecule has 2 heterocycles. The first-order valence-electron chi connectivity index (χ1n) is 9.34. The summed E-state index contributed by atoms with van der Waals surface area (Å²) < 4.78 is 0. The van der Waals surface area contributed by atoms with Gasteiger partial charge in [0, 0.05) is 41.0 Å². The highest BCUT2D eigenvalue weighted by Crippen LogP contribution is 2.22. The zero-order chi connectivity index (χ0) is 19.5. The van der Waals surface area contributed by atoms with E-state index in [0.29, 0.717) is 31.5 Å². The van der Waals surface area contributed by atoms with Gasteiger partial charge < -0.3 is 21.0 Å². The summed E-state index contributed by atoms with van der Waals surface area (Å²) in [4.78, 5) is 30.3. The van der Waals surface area contributed by atoms with Gasteiger partial charge in [-0.05, 0) is 36.1 Å². The molecule has 0 aliphatic rings. The van der Waals surface area contributed by atoms with Gasteiger partial charge in [0.05, 0.1) is 0 Å². The minimum absolute atomic E-state index is 0.00857. The van der Waals surface area contributed by atoms with Crippen molar-refractivity contribution in [3.63, 3.8) is 0 Å². The summed E-state index contributed by atoms with van der Waals surface area (Å²) in [7, 11) is 0. The molecular weight excluding hydrogens is 352 g/mol. The minimum atomic E-state index is -0.489. The van der Waals surface area contributed by atoms with Gasteiger partial charge in [0.1, 0.15) is 5.69 Å². The van der Waals surface area contributed by atoms with Crippen molar-refractivity contribution in [2.24, 2.45) is 5.73 Å². The van der Waals surface area contributed by atoms with E-state index in [9.17, 15) is 9.59 Å². The third kappa shape index (κ3) is 3.49. The number of fused-ring (bicyclic) bond motifs is 2. The van der Waals surface area contributed by atoms with Gasteiger partial charge >= 0.3 is 0 Å². The van der Waals surface area contributed by atoms with Crippen LogP contribution in [0.3, 0.4) is 0 Å². The number of carbonyl (C=O) groups is 2. The highest BCUT2D eigenvalue weighted by atomic mass is 16.2. The van der Waals surface area contributed by atoms with E-state index in [4.69, 9.17) is 5.73 Å². The van der Waals surface area contributed by atoms with Crippen molar-refractivity contribution in [1.82, 2.24) is 15.3 Å². The number of nitrogens with two attached hydrogens (primary N) is 1. The molecule has 2 aromatic carbocycles. The summed E-state index contributed by atoms with van der Waals surface area (Å²) >= 11 is 0. The Morgan fingerprint density at radius 1 is 0.929 bits per heavy atom. The summed E-state index contributed by atoms with van der Waals surface area (Å²) in [6.07, 6.45) is 3.60. The first kappa shape index (κ1) is 17.9. The average Bonchev–Trinajstić information content (AvgIpc) is 3.28. The number of hydrogen-bond acceptors (Lipinski definition) is 2. The zero-order valence-corrected chi connectivity index (χ0v) is 15.4. The van der Waals surface area contributed by atoms with Crippen LogP contribution in [0.15, 0.2) is 54.7 Å². The van der Waals surface area contributed by atoms with Crippen molar-refractivity contribution in [2.45, 2.75) is 19.3 Å². The van der Waals surface area contributed by atoms with Gasteiger partial charge in [0.2, 0.25) is 5.91 Å². The molecule has 0 bridgehead atoms. The number of rotatable bonds is 7. The van der Waals surface area contributed by atoms with E-state index in [2.05, 4.69) is 21.4 Å². The molecule has 0 fully saturated rings. The van der Waals surface area contributed by atoms with Crippen LogP contribution in [0.5, 0.6) is 0 Å². The zero-order valence-electron chi connectivity index (χ0n) is 15.4. The summed E-state index contributed by atoms with van der Waals surface area (Å²) in [5, 5.41) is 5.06. The Balaban J connectivity index is 1.36. The molecule has 0 saturated carbocycles. The van der Waals surface area contributed by atoms with Crippen molar-refractivity contribution >= 4 is 33.6 Å². The maximum absolute atomic E-state index is 12.3. The topological polar surface area (TPSA) is 104 Å². The predicted molar refractivity (Wildman–Crippen MR) is 110 cm³/mol. The van der Waals surface area contributed by atoms with Crippen LogP contribution in [0.25, 0.3) is 21.8 Å². The van der Waals surface area contributed by atoms with Crippen molar-refractivity contribution in [3.8, 4) is 0 Å². The fourth-order valence-electron chi connectivity index (χ4n) is 3.67. The number of hydrogen-bond donors (Lipinski definition) is 4. The number of aromatic amines is 2. The van der Waals surface area contributed by atoms with Gasteiger partial charge in [-0.1, -0.05) is 36.4 Å². The summed E-state index contributed by atoms with van der Waals surface area (Å²) in [6.45, 7) is 0.453. The molecule has 4 aromatic rings. The molecule has 0 aliphatic heterocycles. The lowest BCUT2D eigenvalue weighted by Gasteiger charge is -2.06. The van der Waals surface area contributed by atoms with Crippen LogP contribution in [-0.2, 0) is 17.6 Å². The molecule has 0 spiro atoms. The van der Waals surface area contributed by atoms with E-state index >= 15 is 0 Å². The van der Waals surface area contributed by atoms with E-state index in [1.165, 1.54) is 0 Å². The number of amides is 2. The van der Waals surface area contributed by atoms with E-state index in [-0.39, 0.29) is 5.91 Å². The van der Waals surface area contributed by atoms with E-state index in [0.717, 1.165) is 32.9 Å². The lowest BCUT2D eigenvalue weighted by atomic mass is 10.1. The largest absolute Gasteiger partial charge is 0.364 e. The molecule has 142 valence electrons. The molecule has 28 heavy (non-hydrogen) atoms. The molecule has 0 atom stereocenters. The van der Waals surface area contributed by atoms with Gasteiger partial charge in [0.25, 0.3) is 5.91 Å². The Bertz CT molecular complexity index is 1160. The van der Waals surface area contributed by atoms with Crippen LogP contribution in [0.2, 0.25) is 0 Å². The Hall–Kier alpha value is -3.54. The number of benzene rings is 2. The second-order valence-corrected chi connectivity index (χ2v) is 6.85. The number of para-hydroxylation sites is 2. The summed E-state index contributed by atoms with van der Waals surface area (Å²) in [5.74, 6) is -0.498. The fourth-order valence-corrected chi connectivity index (χ4v) is 3.67. The lowest BCUT2D eigenvalue weighted by Crippen LogP contribution is -2.26. The van der Waals surface area contributed by atoms with Crippen molar-refractivity contribution in [3.05, 3.63) is 71.5 Å². The normalized spacial score (nSPS) is 11.1.